The van der Waals surface area contributed by atoms with E-state index in [-0.39, 0.29) is 11.6 Å². The van der Waals surface area contributed by atoms with Crippen molar-refractivity contribution in [1.29, 1.82) is 5.26 Å². The Morgan fingerprint density at radius 3 is 2.53 bits per heavy atom. The topological polar surface area (TPSA) is 33.0 Å². The summed E-state index contributed by atoms with van der Waals surface area (Å²) in [5.41, 5.74) is 1.09. The summed E-state index contributed by atoms with van der Waals surface area (Å²) in [6, 6.07) is 11.1. The first-order chi connectivity index (χ1) is 9.10. The third-order valence-electron chi connectivity index (χ3n) is 2.44. The third-order valence-corrected chi connectivity index (χ3v) is 3.04. The van der Waals surface area contributed by atoms with Crippen LogP contribution in [0.4, 0.5) is 4.39 Å². The van der Waals surface area contributed by atoms with E-state index < -0.39 is 5.82 Å². The predicted molar refractivity (Wildman–Crippen MR) is 71.9 cm³/mol. The zero-order chi connectivity index (χ0) is 13.8. The first kappa shape index (κ1) is 13.7. The molecule has 0 radical (unpaired) electrons. The largest absolute Gasteiger partial charge is 0.487 e. The Kier molecular flexibility index (Phi) is 4.26. The molecule has 0 aliphatic rings. The van der Waals surface area contributed by atoms with Gasteiger partial charge in [-0.15, -0.1) is 0 Å². The van der Waals surface area contributed by atoms with Crippen LogP contribution in [0.5, 0.6) is 5.75 Å². The molecule has 0 unspecified atom stereocenters. The summed E-state index contributed by atoms with van der Waals surface area (Å²) in [5, 5.41) is 9.12. The number of benzene rings is 2. The van der Waals surface area contributed by atoms with Gasteiger partial charge < -0.3 is 4.74 Å². The molecule has 0 saturated carbocycles. The van der Waals surface area contributed by atoms with E-state index in [1.807, 2.05) is 6.07 Å². The van der Waals surface area contributed by atoms with Gasteiger partial charge in [-0.1, -0.05) is 29.3 Å². The van der Waals surface area contributed by atoms with E-state index in [1.54, 1.807) is 18.2 Å². The molecule has 0 bridgehead atoms. The summed E-state index contributed by atoms with van der Waals surface area (Å²) in [6.45, 7) is 0.166. The lowest BCUT2D eigenvalue weighted by molar-refractivity contribution is 0.306. The number of halogens is 3. The van der Waals surface area contributed by atoms with E-state index in [0.717, 1.165) is 0 Å². The molecule has 0 fully saturated rings. The highest BCUT2D eigenvalue weighted by molar-refractivity contribution is 6.32. The van der Waals surface area contributed by atoms with Crippen LogP contribution >= 0.6 is 23.2 Å². The quantitative estimate of drug-likeness (QED) is 0.830. The van der Waals surface area contributed by atoms with Crippen LogP contribution < -0.4 is 4.74 Å². The third kappa shape index (κ3) is 3.37. The summed E-state index contributed by atoms with van der Waals surface area (Å²) in [5.74, 6) is -0.0512. The molecule has 0 spiro atoms. The molecule has 0 aliphatic heterocycles. The van der Waals surface area contributed by atoms with Gasteiger partial charge >= 0.3 is 0 Å². The van der Waals surface area contributed by atoms with Gasteiger partial charge in [0.1, 0.15) is 18.2 Å². The molecule has 0 saturated heterocycles. The molecule has 2 nitrogen and oxygen atoms in total. The number of ether oxygens (including phenoxy) is 1. The molecule has 2 aromatic carbocycles. The van der Waals surface area contributed by atoms with Crippen molar-refractivity contribution in [3.05, 3.63) is 63.4 Å². The van der Waals surface area contributed by atoms with Crippen LogP contribution in [-0.2, 0) is 6.61 Å². The van der Waals surface area contributed by atoms with Crippen LogP contribution in [0.15, 0.2) is 36.4 Å². The lowest BCUT2D eigenvalue weighted by Gasteiger charge is -2.08. The lowest BCUT2D eigenvalue weighted by Crippen LogP contribution is -1.97. The standard InChI is InChI=1S/C14H8Cl2FNO/c15-11-3-1-10(6-13(11)17)8-19-14-4-2-9(7-18)5-12(14)16/h1-6H,8H2. The highest BCUT2D eigenvalue weighted by Gasteiger charge is 2.05. The summed E-state index contributed by atoms with van der Waals surface area (Å²) in [4.78, 5) is 0. The van der Waals surface area contributed by atoms with Crippen molar-refractivity contribution in [2.24, 2.45) is 0 Å². The van der Waals surface area contributed by atoms with Gasteiger partial charge in [-0.2, -0.15) is 5.26 Å². The van der Waals surface area contributed by atoms with Crippen molar-refractivity contribution in [1.82, 2.24) is 0 Å². The first-order valence-electron chi connectivity index (χ1n) is 5.36. The van der Waals surface area contributed by atoms with Gasteiger partial charge in [-0.25, -0.2) is 4.39 Å². The fourth-order valence-electron chi connectivity index (χ4n) is 1.48. The highest BCUT2D eigenvalue weighted by atomic mass is 35.5. The Morgan fingerprint density at radius 2 is 1.89 bits per heavy atom. The van der Waals surface area contributed by atoms with Gasteiger partial charge in [0.05, 0.1) is 21.7 Å². The smallest absolute Gasteiger partial charge is 0.142 e. The van der Waals surface area contributed by atoms with Crippen LogP contribution in [0.25, 0.3) is 0 Å². The number of hydrogen-bond acceptors (Lipinski definition) is 2. The maximum atomic E-state index is 13.2. The minimum absolute atomic E-state index is 0.0696. The first-order valence-corrected chi connectivity index (χ1v) is 6.12. The second-order valence-electron chi connectivity index (χ2n) is 3.79. The van der Waals surface area contributed by atoms with Crippen LogP contribution in [0.2, 0.25) is 10.0 Å². The van der Waals surface area contributed by atoms with Crippen molar-refractivity contribution in [3.8, 4) is 11.8 Å². The number of rotatable bonds is 3. The summed E-state index contributed by atoms with van der Waals surface area (Å²) in [6.07, 6.45) is 0. The van der Waals surface area contributed by atoms with E-state index >= 15 is 0 Å². The number of nitrogens with zero attached hydrogens (tertiary/aromatic N) is 1. The molecule has 0 aliphatic carbocycles. The Morgan fingerprint density at radius 1 is 1.11 bits per heavy atom. The van der Waals surface area contributed by atoms with Crippen LogP contribution in [0.3, 0.4) is 0 Å². The van der Waals surface area contributed by atoms with Crippen molar-refractivity contribution >= 4 is 23.2 Å². The fourth-order valence-corrected chi connectivity index (χ4v) is 1.83. The van der Waals surface area contributed by atoms with Gasteiger partial charge in [0.25, 0.3) is 0 Å². The Bertz CT molecular complexity index is 652. The van der Waals surface area contributed by atoms with Gasteiger partial charge in [-0.3, -0.25) is 0 Å². The molecule has 5 heteroatoms. The van der Waals surface area contributed by atoms with Gasteiger partial charge in [-0.05, 0) is 35.9 Å². The highest BCUT2D eigenvalue weighted by Crippen LogP contribution is 2.26. The normalized spacial score (nSPS) is 10.0. The molecule has 19 heavy (non-hydrogen) atoms. The van der Waals surface area contributed by atoms with Crippen molar-refractivity contribution in [2.75, 3.05) is 0 Å². The van der Waals surface area contributed by atoms with E-state index in [2.05, 4.69) is 0 Å². The molecule has 0 atom stereocenters. The molecule has 0 N–H and O–H groups in total. The molecule has 2 aromatic rings. The summed E-state index contributed by atoms with van der Waals surface area (Å²) in [7, 11) is 0. The maximum absolute atomic E-state index is 13.2. The second kappa shape index (κ2) is 5.92. The molecule has 0 amide bonds. The van der Waals surface area contributed by atoms with E-state index in [9.17, 15) is 4.39 Å². The average Bonchev–Trinajstić information content (AvgIpc) is 2.41. The second-order valence-corrected chi connectivity index (χ2v) is 4.61. The van der Waals surface area contributed by atoms with E-state index in [0.29, 0.717) is 21.9 Å². The minimum Gasteiger partial charge on any atom is -0.487 e. The molecule has 2 rings (SSSR count). The maximum Gasteiger partial charge on any atom is 0.142 e. The SMILES string of the molecule is N#Cc1ccc(OCc2ccc(Cl)c(F)c2)c(Cl)c1. The predicted octanol–water partition coefficient (Wildman–Crippen LogP) is 4.58. The lowest BCUT2D eigenvalue weighted by atomic mass is 10.2. The van der Waals surface area contributed by atoms with Crippen LogP contribution in [0.1, 0.15) is 11.1 Å². The van der Waals surface area contributed by atoms with E-state index in [4.69, 9.17) is 33.2 Å². The molecule has 96 valence electrons. The summed E-state index contributed by atoms with van der Waals surface area (Å²) >= 11 is 11.5. The molecule has 0 heterocycles. The Hall–Kier alpha value is -1.76. The van der Waals surface area contributed by atoms with Crippen LogP contribution in [0, 0.1) is 17.1 Å². The monoisotopic (exact) mass is 295 g/mol. The molecular weight excluding hydrogens is 288 g/mol. The molecular formula is C14H8Cl2FNO. The Balaban J connectivity index is 2.10. The summed E-state index contributed by atoms with van der Waals surface area (Å²) < 4.78 is 18.7. The minimum atomic E-state index is -0.492. The zero-order valence-corrected chi connectivity index (χ0v) is 11.2. The fraction of sp³-hybridized carbons (Fsp3) is 0.0714. The average molecular weight is 296 g/mol. The van der Waals surface area contributed by atoms with Crippen molar-refractivity contribution < 1.29 is 9.13 Å². The van der Waals surface area contributed by atoms with Crippen molar-refractivity contribution in [3.63, 3.8) is 0 Å². The van der Waals surface area contributed by atoms with E-state index in [1.165, 1.54) is 18.2 Å². The van der Waals surface area contributed by atoms with Gasteiger partial charge in [0.2, 0.25) is 0 Å². The number of hydrogen-bond donors (Lipinski definition) is 0. The Labute approximate surface area is 119 Å². The van der Waals surface area contributed by atoms with Crippen LogP contribution in [-0.4, -0.2) is 0 Å². The number of nitriles is 1. The molecule has 0 aromatic heterocycles. The van der Waals surface area contributed by atoms with Gasteiger partial charge in [0, 0.05) is 0 Å². The zero-order valence-electron chi connectivity index (χ0n) is 9.66. The van der Waals surface area contributed by atoms with Crippen molar-refractivity contribution in [2.45, 2.75) is 6.61 Å². The van der Waals surface area contributed by atoms with Gasteiger partial charge in [0.15, 0.2) is 0 Å².